The Labute approximate surface area is 182 Å². The summed E-state index contributed by atoms with van der Waals surface area (Å²) in [5.41, 5.74) is 8.93. The summed E-state index contributed by atoms with van der Waals surface area (Å²) < 4.78 is 2.19. The lowest BCUT2D eigenvalue weighted by Gasteiger charge is -2.17. The number of nitrogens with one attached hydrogen (secondary N) is 2. The summed E-state index contributed by atoms with van der Waals surface area (Å²) >= 11 is 5.42. The van der Waals surface area contributed by atoms with Crippen molar-refractivity contribution in [1.29, 1.82) is 0 Å². The Morgan fingerprint density at radius 1 is 1.33 bits per heavy atom. The van der Waals surface area contributed by atoms with Crippen LogP contribution in [0.5, 0.6) is 0 Å². The highest BCUT2D eigenvalue weighted by molar-refractivity contribution is 7.80. The van der Waals surface area contributed by atoms with Gasteiger partial charge in [-0.1, -0.05) is 25.1 Å². The summed E-state index contributed by atoms with van der Waals surface area (Å²) in [6.07, 6.45) is 3.60. The molecule has 4 rings (SSSR count). The number of para-hydroxylation sites is 1. The van der Waals surface area contributed by atoms with Gasteiger partial charge in [0.25, 0.3) is 0 Å². The van der Waals surface area contributed by atoms with E-state index in [2.05, 4.69) is 40.1 Å². The monoisotopic (exact) mass is 426 g/mol. The van der Waals surface area contributed by atoms with Crippen molar-refractivity contribution < 1.29 is 5.11 Å². The van der Waals surface area contributed by atoms with E-state index in [9.17, 15) is 5.11 Å². The van der Waals surface area contributed by atoms with Crippen LogP contribution in [0.15, 0.2) is 24.3 Å². The van der Waals surface area contributed by atoms with Crippen molar-refractivity contribution in [3.63, 3.8) is 0 Å². The van der Waals surface area contributed by atoms with Crippen LogP contribution in [0.25, 0.3) is 21.9 Å². The topological polar surface area (TPSA) is 101 Å². The number of thiocarbonyl (C=S) groups is 1. The van der Waals surface area contributed by atoms with Gasteiger partial charge in [0, 0.05) is 30.4 Å². The molecule has 2 heterocycles. The molecule has 1 saturated carbocycles. The van der Waals surface area contributed by atoms with E-state index >= 15 is 0 Å². The molecule has 3 aromatic rings. The van der Waals surface area contributed by atoms with E-state index in [-0.39, 0.29) is 12.1 Å². The molecule has 2 aromatic heterocycles. The number of benzene rings is 1. The van der Waals surface area contributed by atoms with Crippen molar-refractivity contribution in [3.05, 3.63) is 30.1 Å². The first-order valence-corrected chi connectivity index (χ1v) is 11.0. The lowest BCUT2D eigenvalue weighted by atomic mass is 10.2. The van der Waals surface area contributed by atoms with E-state index in [0.29, 0.717) is 23.7 Å². The Morgan fingerprint density at radius 2 is 2.10 bits per heavy atom. The minimum Gasteiger partial charge on any atom is -0.396 e. The van der Waals surface area contributed by atoms with E-state index in [1.807, 2.05) is 18.2 Å². The fourth-order valence-electron chi connectivity index (χ4n) is 4.09. The third kappa shape index (κ3) is 4.06. The SMILES string of the molecule is CC1CC1(C)NC(=S)NCCCCn1c(CCO)nc2c(N)nc3ccccc3c21. The number of hydrogen-bond acceptors (Lipinski definition) is 5. The van der Waals surface area contributed by atoms with Gasteiger partial charge in [0.05, 0.1) is 17.6 Å². The Bertz CT molecular complexity index is 1080. The highest BCUT2D eigenvalue weighted by atomic mass is 32.1. The number of imidazole rings is 1. The Morgan fingerprint density at radius 3 is 2.83 bits per heavy atom. The lowest BCUT2D eigenvalue weighted by Crippen LogP contribution is -2.43. The number of nitrogens with two attached hydrogens (primary N) is 1. The number of nitrogens with zero attached hydrogens (tertiary/aromatic N) is 3. The number of rotatable bonds is 8. The summed E-state index contributed by atoms with van der Waals surface area (Å²) in [7, 11) is 0. The maximum atomic E-state index is 9.51. The molecule has 0 spiro atoms. The third-order valence-corrected chi connectivity index (χ3v) is 6.42. The van der Waals surface area contributed by atoms with E-state index in [4.69, 9.17) is 22.9 Å². The second kappa shape index (κ2) is 8.35. The van der Waals surface area contributed by atoms with Crippen LogP contribution in [0, 0.1) is 5.92 Å². The van der Waals surface area contributed by atoms with Gasteiger partial charge in [-0.05, 0) is 50.4 Å². The molecule has 5 N–H and O–H groups in total. The number of fused-ring (bicyclic) bond motifs is 3. The third-order valence-electron chi connectivity index (χ3n) is 6.18. The molecule has 0 amide bonds. The second-order valence-electron chi connectivity index (χ2n) is 8.48. The quantitative estimate of drug-likeness (QED) is 0.325. The van der Waals surface area contributed by atoms with Crippen LogP contribution in [-0.2, 0) is 13.0 Å². The van der Waals surface area contributed by atoms with Gasteiger partial charge in [0.15, 0.2) is 10.9 Å². The molecule has 2 atom stereocenters. The number of unbranched alkanes of at least 4 members (excludes halogenated alkanes) is 1. The second-order valence-corrected chi connectivity index (χ2v) is 8.88. The number of nitrogen functional groups attached to an aromatic ring is 1. The number of aryl methyl sites for hydroxylation is 1. The van der Waals surface area contributed by atoms with E-state index in [1.165, 1.54) is 6.42 Å². The van der Waals surface area contributed by atoms with Gasteiger partial charge in [-0.15, -0.1) is 0 Å². The maximum absolute atomic E-state index is 9.51. The van der Waals surface area contributed by atoms with Crippen LogP contribution in [0.1, 0.15) is 38.9 Å². The van der Waals surface area contributed by atoms with E-state index in [1.54, 1.807) is 0 Å². The molecule has 7 nitrogen and oxygen atoms in total. The smallest absolute Gasteiger partial charge is 0.166 e. The number of anilines is 1. The molecular weight excluding hydrogens is 396 g/mol. The first-order valence-electron chi connectivity index (χ1n) is 10.6. The van der Waals surface area contributed by atoms with Crippen LogP contribution < -0.4 is 16.4 Å². The van der Waals surface area contributed by atoms with Gasteiger partial charge in [-0.3, -0.25) is 0 Å². The van der Waals surface area contributed by atoms with Crippen molar-refractivity contribution in [2.45, 2.75) is 51.6 Å². The molecule has 0 radical (unpaired) electrons. The van der Waals surface area contributed by atoms with Gasteiger partial charge >= 0.3 is 0 Å². The van der Waals surface area contributed by atoms with E-state index in [0.717, 1.165) is 53.3 Å². The molecule has 1 aromatic carbocycles. The molecule has 160 valence electrons. The molecule has 2 unspecified atom stereocenters. The maximum Gasteiger partial charge on any atom is 0.166 e. The average molecular weight is 427 g/mol. The number of aliphatic hydroxyl groups excluding tert-OH is 1. The fraction of sp³-hybridized carbons (Fsp3) is 0.500. The van der Waals surface area contributed by atoms with Crippen molar-refractivity contribution in [2.24, 2.45) is 5.92 Å². The Hall–Kier alpha value is -2.45. The molecule has 0 bridgehead atoms. The average Bonchev–Trinajstić information content (AvgIpc) is 3.13. The minimum absolute atomic E-state index is 0.0489. The largest absolute Gasteiger partial charge is 0.396 e. The number of aliphatic hydroxyl groups is 1. The highest BCUT2D eigenvalue weighted by Crippen LogP contribution is 2.42. The van der Waals surface area contributed by atoms with Gasteiger partial charge in [0.1, 0.15) is 11.3 Å². The van der Waals surface area contributed by atoms with Gasteiger partial charge < -0.3 is 26.0 Å². The summed E-state index contributed by atoms with van der Waals surface area (Å²) in [6.45, 7) is 6.12. The molecule has 1 fully saturated rings. The molecule has 30 heavy (non-hydrogen) atoms. The van der Waals surface area contributed by atoms with Crippen molar-refractivity contribution in [2.75, 3.05) is 18.9 Å². The van der Waals surface area contributed by atoms with Gasteiger partial charge in [-0.2, -0.15) is 0 Å². The molecule has 0 saturated heterocycles. The molecule has 8 heteroatoms. The van der Waals surface area contributed by atoms with Crippen LogP contribution in [-0.4, -0.2) is 43.4 Å². The molecule has 1 aliphatic rings. The first-order chi connectivity index (χ1) is 14.4. The lowest BCUT2D eigenvalue weighted by molar-refractivity contribution is 0.294. The zero-order valence-electron chi connectivity index (χ0n) is 17.6. The number of aromatic nitrogens is 3. The van der Waals surface area contributed by atoms with Crippen molar-refractivity contribution in [1.82, 2.24) is 25.2 Å². The Balaban J connectivity index is 1.45. The van der Waals surface area contributed by atoms with Crippen molar-refractivity contribution >= 4 is 45.1 Å². The number of hydrogen-bond donors (Lipinski definition) is 4. The summed E-state index contributed by atoms with van der Waals surface area (Å²) in [4.78, 5) is 9.20. The van der Waals surface area contributed by atoms with E-state index < -0.39 is 0 Å². The summed E-state index contributed by atoms with van der Waals surface area (Å²) in [5, 5.41) is 18.0. The van der Waals surface area contributed by atoms with Gasteiger partial charge in [-0.25, -0.2) is 9.97 Å². The van der Waals surface area contributed by atoms with Crippen LogP contribution in [0.3, 0.4) is 0 Å². The zero-order valence-corrected chi connectivity index (χ0v) is 18.4. The molecule has 1 aliphatic carbocycles. The normalized spacial score (nSPS) is 20.6. The van der Waals surface area contributed by atoms with Crippen molar-refractivity contribution in [3.8, 4) is 0 Å². The predicted octanol–water partition coefficient (Wildman–Crippen LogP) is 2.74. The number of pyridine rings is 1. The van der Waals surface area contributed by atoms with Crippen LogP contribution >= 0.6 is 12.2 Å². The fourth-order valence-corrected chi connectivity index (χ4v) is 4.42. The first kappa shape index (κ1) is 20.8. The highest BCUT2D eigenvalue weighted by Gasteiger charge is 2.47. The molecular formula is C22H30N6OS. The standard InChI is InChI=1S/C22H30N6OS/c1-14-13-22(14,2)27-21(30)24-10-5-6-11-28-17(9-12-29)26-18-19(28)15-7-3-4-8-16(15)25-20(18)23/h3-4,7-8,14,29H,5-6,9-13H2,1-2H3,(H2,23,25)(H2,24,27,30). The van der Waals surface area contributed by atoms with Crippen LogP contribution in [0.2, 0.25) is 0 Å². The summed E-state index contributed by atoms with van der Waals surface area (Å²) in [6, 6.07) is 7.98. The zero-order chi connectivity index (χ0) is 21.3. The van der Waals surface area contributed by atoms with Crippen LogP contribution in [0.4, 0.5) is 5.82 Å². The van der Waals surface area contributed by atoms with Gasteiger partial charge in [0.2, 0.25) is 0 Å². The Kier molecular flexibility index (Phi) is 5.79. The molecule has 0 aliphatic heterocycles. The predicted molar refractivity (Wildman–Crippen MR) is 125 cm³/mol. The minimum atomic E-state index is 0.0489. The summed E-state index contributed by atoms with van der Waals surface area (Å²) in [5.74, 6) is 1.95.